The highest BCUT2D eigenvalue weighted by Gasteiger charge is 2.32. The second kappa shape index (κ2) is 12.0. The van der Waals surface area contributed by atoms with Crippen LogP contribution in [0.3, 0.4) is 0 Å². The topological polar surface area (TPSA) is 83.4 Å². The summed E-state index contributed by atoms with van der Waals surface area (Å²) < 4.78 is 52.6. The first-order valence-electron chi connectivity index (χ1n) is 12.9. The van der Waals surface area contributed by atoms with Gasteiger partial charge in [-0.1, -0.05) is 29.8 Å². The molecule has 1 atom stereocenters. The van der Waals surface area contributed by atoms with Crippen LogP contribution in [0.2, 0.25) is 0 Å². The maximum atomic E-state index is 14.6. The SMILES string of the molecule is Cc1ccc(CCOCCOCC(F)(F)Oc2ccc3c(c2)c(-c2cn[nH]c2)nn3C2CCCCO2)cc1. The van der Waals surface area contributed by atoms with Gasteiger partial charge in [-0.15, -0.1) is 0 Å². The molecule has 0 amide bonds. The summed E-state index contributed by atoms with van der Waals surface area (Å²) in [7, 11) is 0. The maximum absolute atomic E-state index is 14.6. The Morgan fingerprint density at radius 2 is 1.92 bits per heavy atom. The van der Waals surface area contributed by atoms with E-state index >= 15 is 0 Å². The number of benzene rings is 2. The van der Waals surface area contributed by atoms with Gasteiger partial charge in [-0.3, -0.25) is 5.10 Å². The van der Waals surface area contributed by atoms with Crippen molar-refractivity contribution < 1.29 is 27.7 Å². The van der Waals surface area contributed by atoms with Crippen molar-refractivity contribution in [2.24, 2.45) is 0 Å². The molecule has 1 saturated heterocycles. The lowest BCUT2D eigenvalue weighted by molar-refractivity contribution is -0.213. The molecule has 3 heterocycles. The van der Waals surface area contributed by atoms with Gasteiger partial charge in [0.15, 0.2) is 12.8 Å². The minimum absolute atomic E-state index is 0.0225. The van der Waals surface area contributed by atoms with Gasteiger partial charge in [0.2, 0.25) is 0 Å². The fourth-order valence-corrected chi connectivity index (χ4v) is 4.47. The van der Waals surface area contributed by atoms with Crippen molar-refractivity contribution in [2.75, 3.05) is 33.0 Å². The van der Waals surface area contributed by atoms with Crippen LogP contribution in [0.5, 0.6) is 5.75 Å². The average Bonchev–Trinajstić information content (AvgIpc) is 3.57. The third kappa shape index (κ3) is 6.56. The van der Waals surface area contributed by atoms with Gasteiger partial charge >= 0.3 is 6.11 Å². The zero-order valence-electron chi connectivity index (χ0n) is 21.4. The summed E-state index contributed by atoms with van der Waals surface area (Å²) in [5.41, 5.74) is 4.52. The van der Waals surface area contributed by atoms with Gasteiger partial charge in [-0.2, -0.15) is 19.0 Å². The summed E-state index contributed by atoms with van der Waals surface area (Å²) in [6, 6.07) is 13.0. The molecule has 0 bridgehead atoms. The van der Waals surface area contributed by atoms with Crippen molar-refractivity contribution in [3.63, 3.8) is 0 Å². The van der Waals surface area contributed by atoms with Crippen LogP contribution in [-0.2, 0) is 20.6 Å². The molecule has 1 aliphatic heterocycles. The smallest absolute Gasteiger partial charge is 0.421 e. The standard InChI is InChI=1S/C28H32F2N4O4/c1-20-5-7-21(8-6-20)11-13-35-14-15-36-19-28(29,30)38-23-9-10-25-24(16-23)27(22-17-31-32-18-22)33-34(25)26-4-2-3-12-37-26/h5-10,16-18,26H,2-4,11-15,19H2,1H3,(H,31,32). The fraction of sp³-hybridized carbons (Fsp3) is 0.429. The van der Waals surface area contributed by atoms with Crippen LogP contribution >= 0.6 is 0 Å². The van der Waals surface area contributed by atoms with E-state index in [-0.39, 0.29) is 25.2 Å². The summed E-state index contributed by atoms with van der Waals surface area (Å²) in [5, 5.41) is 12.2. The van der Waals surface area contributed by atoms with Gasteiger partial charge < -0.3 is 18.9 Å². The van der Waals surface area contributed by atoms with Gasteiger partial charge in [-0.25, -0.2) is 4.68 Å². The number of hydrogen-bond acceptors (Lipinski definition) is 6. The number of H-pyrrole nitrogens is 1. The van der Waals surface area contributed by atoms with Gasteiger partial charge in [0.05, 0.1) is 31.5 Å². The number of rotatable bonds is 12. The minimum atomic E-state index is -3.51. The molecule has 1 aliphatic rings. The molecule has 0 spiro atoms. The Labute approximate surface area is 219 Å². The Morgan fingerprint density at radius 3 is 2.68 bits per heavy atom. The Hall–Kier alpha value is -3.34. The van der Waals surface area contributed by atoms with Crippen molar-refractivity contribution in [2.45, 2.75) is 44.9 Å². The van der Waals surface area contributed by atoms with Gasteiger partial charge in [0.1, 0.15) is 11.4 Å². The second-order valence-corrected chi connectivity index (χ2v) is 9.42. The number of nitrogens with one attached hydrogen (secondary N) is 1. The molecular formula is C28H32F2N4O4. The average molecular weight is 527 g/mol. The molecule has 0 aliphatic carbocycles. The number of aromatic amines is 1. The van der Waals surface area contributed by atoms with Crippen molar-refractivity contribution in [3.8, 4) is 17.0 Å². The normalized spacial score (nSPS) is 16.2. The zero-order valence-corrected chi connectivity index (χ0v) is 21.4. The van der Waals surface area contributed by atoms with Gasteiger partial charge in [0.25, 0.3) is 0 Å². The first-order chi connectivity index (χ1) is 18.5. The molecule has 4 aromatic rings. The number of nitrogens with zero attached hydrogens (tertiary/aromatic N) is 3. The molecule has 5 rings (SSSR count). The highest BCUT2D eigenvalue weighted by molar-refractivity contribution is 5.94. The number of halogens is 2. The van der Waals surface area contributed by atoms with E-state index in [2.05, 4.69) is 22.3 Å². The maximum Gasteiger partial charge on any atom is 0.421 e. The van der Waals surface area contributed by atoms with E-state index in [0.29, 0.717) is 24.3 Å². The Balaban J connectivity index is 1.17. The zero-order chi connectivity index (χ0) is 26.4. The van der Waals surface area contributed by atoms with Crippen molar-refractivity contribution in [1.29, 1.82) is 0 Å². The Bertz CT molecular complexity index is 1300. The largest absolute Gasteiger partial charge is 0.431 e. The summed E-state index contributed by atoms with van der Waals surface area (Å²) in [4.78, 5) is 0. The van der Waals surface area contributed by atoms with Crippen LogP contribution in [0.15, 0.2) is 54.9 Å². The molecule has 1 N–H and O–H groups in total. The predicted octanol–water partition coefficient (Wildman–Crippen LogP) is 5.68. The highest BCUT2D eigenvalue weighted by atomic mass is 19.3. The third-order valence-electron chi connectivity index (χ3n) is 6.44. The monoisotopic (exact) mass is 526 g/mol. The van der Waals surface area contributed by atoms with Gasteiger partial charge in [0, 0.05) is 23.8 Å². The fourth-order valence-electron chi connectivity index (χ4n) is 4.47. The first kappa shape index (κ1) is 26.3. The van der Waals surface area contributed by atoms with E-state index in [0.717, 1.165) is 36.8 Å². The quantitative estimate of drug-likeness (QED) is 0.239. The van der Waals surface area contributed by atoms with E-state index < -0.39 is 12.7 Å². The molecule has 2 aromatic carbocycles. The number of aromatic nitrogens is 4. The van der Waals surface area contributed by atoms with Gasteiger partial charge in [-0.05, 0) is 56.4 Å². The molecule has 8 nitrogen and oxygen atoms in total. The number of alkyl halides is 2. The number of ether oxygens (including phenoxy) is 4. The van der Waals surface area contributed by atoms with E-state index in [1.807, 2.05) is 23.7 Å². The molecule has 0 saturated carbocycles. The molecule has 0 radical (unpaired) electrons. The number of hydrogen-bond donors (Lipinski definition) is 1. The Kier molecular flexibility index (Phi) is 8.31. The van der Waals surface area contributed by atoms with Crippen LogP contribution in [0.1, 0.15) is 36.6 Å². The lowest BCUT2D eigenvalue weighted by Crippen LogP contribution is -2.31. The highest BCUT2D eigenvalue weighted by Crippen LogP contribution is 2.35. The lowest BCUT2D eigenvalue weighted by Gasteiger charge is -2.23. The molecule has 1 unspecified atom stereocenters. The van der Waals surface area contributed by atoms with Crippen molar-refractivity contribution >= 4 is 10.9 Å². The Morgan fingerprint density at radius 1 is 1.08 bits per heavy atom. The van der Waals surface area contributed by atoms with Crippen LogP contribution in [-0.4, -0.2) is 59.1 Å². The van der Waals surface area contributed by atoms with E-state index in [4.69, 9.17) is 24.0 Å². The summed E-state index contributed by atoms with van der Waals surface area (Å²) >= 11 is 0. The summed E-state index contributed by atoms with van der Waals surface area (Å²) in [6.07, 6.45) is 3.30. The number of fused-ring (bicyclic) bond motifs is 1. The molecular weight excluding hydrogens is 494 g/mol. The second-order valence-electron chi connectivity index (χ2n) is 9.42. The molecule has 2 aromatic heterocycles. The summed E-state index contributed by atoms with van der Waals surface area (Å²) in [5.74, 6) is 0.0225. The van der Waals surface area contributed by atoms with Crippen LogP contribution < -0.4 is 4.74 Å². The summed E-state index contributed by atoms with van der Waals surface area (Å²) in [6.45, 7) is 2.59. The third-order valence-corrected chi connectivity index (χ3v) is 6.44. The molecule has 1 fully saturated rings. The molecule has 202 valence electrons. The van der Waals surface area contributed by atoms with E-state index in [9.17, 15) is 8.78 Å². The lowest BCUT2D eigenvalue weighted by atomic mass is 10.1. The van der Waals surface area contributed by atoms with E-state index in [1.165, 1.54) is 17.2 Å². The van der Waals surface area contributed by atoms with E-state index in [1.54, 1.807) is 24.5 Å². The van der Waals surface area contributed by atoms with Crippen LogP contribution in [0.4, 0.5) is 8.78 Å². The first-order valence-corrected chi connectivity index (χ1v) is 12.9. The minimum Gasteiger partial charge on any atom is -0.431 e. The predicted molar refractivity (Wildman–Crippen MR) is 138 cm³/mol. The van der Waals surface area contributed by atoms with Crippen molar-refractivity contribution in [3.05, 3.63) is 66.0 Å². The molecule has 10 heteroatoms. The van der Waals surface area contributed by atoms with Crippen LogP contribution in [0.25, 0.3) is 22.2 Å². The molecule has 38 heavy (non-hydrogen) atoms. The van der Waals surface area contributed by atoms with Crippen molar-refractivity contribution in [1.82, 2.24) is 20.0 Å². The van der Waals surface area contributed by atoms with Crippen LogP contribution in [0, 0.1) is 6.92 Å². The number of aryl methyl sites for hydroxylation is 1.